The van der Waals surface area contributed by atoms with Crippen LogP contribution in [0.5, 0.6) is 0 Å². The molecule has 8 nitrogen and oxygen atoms in total. The second kappa shape index (κ2) is 10.1. The molecule has 0 aliphatic carbocycles. The van der Waals surface area contributed by atoms with Gasteiger partial charge in [0.1, 0.15) is 5.60 Å². The van der Waals surface area contributed by atoms with Crippen molar-refractivity contribution in [2.24, 2.45) is 11.8 Å². The number of urea groups is 1. The van der Waals surface area contributed by atoms with Crippen molar-refractivity contribution >= 4 is 18.0 Å². The number of carbonyl (C=O) groups is 3. The summed E-state index contributed by atoms with van der Waals surface area (Å²) in [5.74, 6) is 0.495. The van der Waals surface area contributed by atoms with E-state index in [2.05, 4.69) is 0 Å². The van der Waals surface area contributed by atoms with Crippen molar-refractivity contribution in [2.45, 2.75) is 64.9 Å². The van der Waals surface area contributed by atoms with Gasteiger partial charge in [-0.1, -0.05) is 0 Å². The molecule has 0 radical (unpaired) electrons. The number of carbonyl (C=O) groups excluding carboxylic acids is 3. The van der Waals surface area contributed by atoms with Crippen molar-refractivity contribution in [3.8, 4) is 0 Å². The zero-order chi connectivity index (χ0) is 22.6. The maximum atomic E-state index is 13.1. The average Bonchev–Trinajstić information content (AvgIpc) is 3.26. The van der Waals surface area contributed by atoms with E-state index < -0.39 is 5.60 Å². The summed E-state index contributed by atoms with van der Waals surface area (Å²) < 4.78 is 5.45. The lowest BCUT2D eigenvalue weighted by molar-refractivity contribution is -0.138. The molecule has 0 spiro atoms. The quantitative estimate of drug-likeness (QED) is 0.682. The van der Waals surface area contributed by atoms with Gasteiger partial charge in [-0.05, 0) is 65.2 Å². The first-order chi connectivity index (χ1) is 14.6. The molecule has 3 saturated heterocycles. The van der Waals surface area contributed by atoms with E-state index in [0.717, 1.165) is 58.2 Å². The minimum absolute atomic E-state index is 0.00460. The molecule has 3 heterocycles. The van der Waals surface area contributed by atoms with Crippen LogP contribution in [-0.2, 0) is 9.53 Å². The van der Waals surface area contributed by atoms with Gasteiger partial charge < -0.3 is 24.3 Å². The van der Waals surface area contributed by atoms with Crippen LogP contribution in [0.4, 0.5) is 9.59 Å². The van der Waals surface area contributed by atoms with Crippen LogP contribution in [-0.4, -0.2) is 96.1 Å². The van der Waals surface area contributed by atoms with Crippen molar-refractivity contribution < 1.29 is 19.1 Å². The van der Waals surface area contributed by atoms with Crippen LogP contribution in [0.1, 0.15) is 59.3 Å². The van der Waals surface area contributed by atoms with Gasteiger partial charge >= 0.3 is 12.1 Å². The molecule has 0 aromatic rings. The normalized spacial score (nSPS) is 23.1. The predicted molar refractivity (Wildman–Crippen MR) is 119 cm³/mol. The summed E-state index contributed by atoms with van der Waals surface area (Å²) in [4.78, 5) is 45.5. The van der Waals surface area contributed by atoms with Gasteiger partial charge in [-0.25, -0.2) is 9.59 Å². The van der Waals surface area contributed by atoms with Gasteiger partial charge in [0, 0.05) is 58.8 Å². The van der Waals surface area contributed by atoms with Crippen LogP contribution in [0.3, 0.4) is 0 Å². The zero-order valence-electron chi connectivity index (χ0n) is 19.8. The predicted octanol–water partition coefficient (Wildman–Crippen LogP) is 3.02. The van der Waals surface area contributed by atoms with Gasteiger partial charge in [0.15, 0.2) is 0 Å². The summed E-state index contributed by atoms with van der Waals surface area (Å²) >= 11 is 0. The van der Waals surface area contributed by atoms with Crippen LogP contribution >= 0.6 is 0 Å². The van der Waals surface area contributed by atoms with Crippen LogP contribution in [0.2, 0.25) is 0 Å². The second-order valence-corrected chi connectivity index (χ2v) is 10.4. The Kier molecular flexibility index (Phi) is 7.70. The molecule has 0 aromatic heterocycles. The van der Waals surface area contributed by atoms with E-state index in [1.807, 2.05) is 35.5 Å². The van der Waals surface area contributed by atoms with Crippen LogP contribution in [0, 0.1) is 11.8 Å². The first kappa shape index (κ1) is 23.7. The number of rotatable bonds is 3. The first-order valence-corrected chi connectivity index (χ1v) is 11.9. The molecule has 176 valence electrons. The first-order valence-electron chi connectivity index (χ1n) is 11.9. The molecule has 1 atom stereocenters. The molecule has 3 rings (SSSR count). The van der Waals surface area contributed by atoms with Crippen molar-refractivity contribution in [2.75, 3.05) is 52.9 Å². The van der Waals surface area contributed by atoms with E-state index in [9.17, 15) is 14.4 Å². The van der Waals surface area contributed by atoms with E-state index in [4.69, 9.17) is 4.74 Å². The fourth-order valence-electron chi connectivity index (χ4n) is 4.90. The molecule has 3 aliphatic heterocycles. The largest absolute Gasteiger partial charge is 0.444 e. The lowest BCUT2D eigenvalue weighted by Crippen LogP contribution is -2.50. The van der Waals surface area contributed by atoms with Crippen molar-refractivity contribution in [1.29, 1.82) is 0 Å². The van der Waals surface area contributed by atoms with Gasteiger partial charge in [0.25, 0.3) is 0 Å². The van der Waals surface area contributed by atoms with E-state index in [1.54, 1.807) is 11.9 Å². The Morgan fingerprint density at radius 3 is 2.06 bits per heavy atom. The summed E-state index contributed by atoms with van der Waals surface area (Å²) in [7, 11) is 1.77. The number of likely N-dealkylation sites (tertiary alicyclic amines) is 3. The Morgan fingerprint density at radius 2 is 1.45 bits per heavy atom. The summed E-state index contributed by atoms with van der Waals surface area (Å²) in [5, 5.41) is 0. The smallest absolute Gasteiger partial charge is 0.410 e. The van der Waals surface area contributed by atoms with Crippen LogP contribution < -0.4 is 0 Å². The van der Waals surface area contributed by atoms with Gasteiger partial charge in [-0.2, -0.15) is 0 Å². The average molecular weight is 437 g/mol. The molecule has 0 N–H and O–H groups in total. The monoisotopic (exact) mass is 436 g/mol. The number of amides is 4. The zero-order valence-corrected chi connectivity index (χ0v) is 19.8. The molecule has 8 heteroatoms. The lowest BCUT2D eigenvalue weighted by Gasteiger charge is -2.39. The third-order valence-electron chi connectivity index (χ3n) is 6.56. The Balaban J connectivity index is 1.45. The highest BCUT2D eigenvalue weighted by Gasteiger charge is 2.34. The Bertz CT molecular complexity index is 648. The Hall–Kier alpha value is -1.99. The molecule has 0 aromatic carbocycles. The number of hydrogen-bond acceptors (Lipinski definition) is 4. The van der Waals surface area contributed by atoms with E-state index in [-0.39, 0.29) is 29.9 Å². The van der Waals surface area contributed by atoms with Crippen molar-refractivity contribution in [3.05, 3.63) is 0 Å². The molecule has 3 fully saturated rings. The molecule has 0 saturated carbocycles. The standard InChI is InChI=1S/C23H40N4O4/c1-23(2,3)31-22(30)24(4)16-18-8-7-13-27(17-18)20(28)19-9-14-26(15-10-19)21(29)25-11-5-6-12-25/h18-19H,5-17H2,1-4H3. The van der Waals surface area contributed by atoms with Crippen molar-refractivity contribution in [1.82, 2.24) is 19.6 Å². The Morgan fingerprint density at radius 1 is 0.871 bits per heavy atom. The number of nitrogens with zero attached hydrogens (tertiary/aromatic N) is 4. The second-order valence-electron chi connectivity index (χ2n) is 10.4. The maximum Gasteiger partial charge on any atom is 0.410 e. The SMILES string of the molecule is CN(CC1CCCN(C(=O)C2CCN(C(=O)N3CCCC3)CC2)C1)C(=O)OC(C)(C)C. The third kappa shape index (κ3) is 6.50. The third-order valence-corrected chi connectivity index (χ3v) is 6.56. The van der Waals surface area contributed by atoms with Gasteiger partial charge in [0.05, 0.1) is 0 Å². The number of piperidine rings is 2. The topological polar surface area (TPSA) is 73.4 Å². The van der Waals surface area contributed by atoms with Gasteiger partial charge in [-0.3, -0.25) is 4.79 Å². The highest BCUT2D eigenvalue weighted by atomic mass is 16.6. The summed E-state index contributed by atoms with van der Waals surface area (Å²) in [5.41, 5.74) is -0.509. The summed E-state index contributed by atoms with van der Waals surface area (Å²) in [6.07, 6.45) is 5.35. The molecule has 31 heavy (non-hydrogen) atoms. The van der Waals surface area contributed by atoms with E-state index in [0.29, 0.717) is 26.2 Å². The summed E-state index contributed by atoms with van der Waals surface area (Å²) in [6, 6.07) is 0.145. The highest BCUT2D eigenvalue weighted by Crippen LogP contribution is 2.25. The van der Waals surface area contributed by atoms with Crippen LogP contribution in [0.25, 0.3) is 0 Å². The van der Waals surface area contributed by atoms with Crippen molar-refractivity contribution in [3.63, 3.8) is 0 Å². The molecule has 0 bridgehead atoms. The molecular formula is C23H40N4O4. The molecular weight excluding hydrogens is 396 g/mol. The minimum Gasteiger partial charge on any atom is -0.444 e. The molecule has 1 unspecified atom stereocenters. The molecule has 4 amide bonds. The van der Waals surface area contributed by atoms with E-state index in [1.165, 1.54) is 0 Å². The highest BCUT2D eigenvalue weighted by molar-refractivity contribution is 5.80. The summed E-state index contributed by atoms with van der Waals surface area (Å²) in [6.45, 7) is 10.8. The fraction of sp³-hybridized carbons (Fsp3) is 0.870. The fourth-order valence-corrected chi connectivity index (χ4v) is 4.90. The van der Waals surface area contributed by atoms with Gasteiger partial charge in [0.2, 0.25) is 5.91 Å². The minimum atomic E-state index is -0.509. The molecule has 3 aliphatic rings. The van der Waals surface area contributed by atoms with Gasteiger partial charge in [-0.15, -0.1) is 0 Å². The number of hydrogen-bond donors (Lipinski definition) is 0. The van der Waals surface area contributed by atoms with Crippen LogP contribution in [0.15, 0.2) is 0 Å². The lowest BCUT2D eigenvalue weighted by atomic mass is 9.92. The maximum absolute atomic E-state index is 13.1. The Labute approximate surface area is 186 Å². The van der Waals surface area contributed by atoms with E-state index >= 15 is 0 Å². The number of ether oxygens (including phenoxy) is 1.